The maximum Gasteiger partial charge on any atom is 0.414 e. The molecule has 2 rings (SSSR count). The quantitative estimate of drug-likeness (QED) is 0.868. The number of aryl methyl sites for hydroxylation is 1. The number of carbonyl (C=O) groups is 1. The lowest BCUT2D eigenvalue weighted by atomic mass is 9.97. The van der Waals surface area contributed by atoms with Gasteiger partial charge in [0, 0.05) is 13.1 Å². The Morgan fingerprint density at radius 1 is 1.48 bits per heavy atom. The second-order valence-corrected chi connectivity index (χ2v) is 6.93. The molecule has 4 heteroatoms. The molecule has 0 aromatic heterocycles. The highest BCUT2D eigenvalue weighted by Crippen LogP contribution is 2.32. The van der Waals surface area contributed by atoms with Gasteiger partial charge in [-0.3, -0.25) is 10.2 Å². The van der Waals surface area contributed by atoms with E-state index in [1.807, 2.05) is 39.8 Å². The van der Waals surface area contributed by atoms with Crippen molar-refractivity contribution in [3.8, 4) is 12.3 Å². The average Bonchev–Trinajstić information content (AvgIpc) is 2.50. The monoisotopic (exact) mass is 314 g/mol. The van der Waals surface area contributed by atoms with Crippen LogP contribution in [-0.2, 0) is 17.7 Å². The van der Waals surface area contributed by atoms with Crippen molar-refractivity contribution in [2.24, 2.45) is 0 Å². The summed E-state index contributed by atoms with van der Waals surface area (Å²) in [5.41, 5.74) is 2.74. The molecule has 1 aromatic carbocycles. The average molecular weight is 314 g/mol. The van der Waals surface area contributed by atoms with Gasteiger partial charge in [0.2, 0.25) is 0 Å². The van der Waals surface area contributed by atoms with E-state index in [2.05, 4.69) is 17.3 Å². The molecule has 23 heavy (non-hydrogen) atoms. The van der Waals surface area contributed by atoms with E-state index in [-0.39, 0.29) is 12.1 Å². The molecule has 0 radical (unpaired) electrons. The fraction of sp³-hybridized carbons (Fsp3) is 0.526. The lowest BCUT2D eigenvalue weighted by molar-refractivity contribution is 0.0577. The van der Waals surface area contributed by atoms with Crippen LogP contribution in [0, 0.1) is 12.3 Å². The normalized spacial score (nSPS) is 15.5. The van der Waals surface area contributed by atoms with Crippen molar-refractivity contribution in [1.29, 1.82) is 0 Å². The molecule has 0 saturated heterocycles. The third-order valence-corrected chi connectivity index (χ3v) is 3.76. The Morgan fingerprint density at radius 2 is 2.22 bits per heavy atom. The number of nitrogens with zero attached hydrogens (tertiary/aromatic N) is 1. The van der Waals surface area contributed by atoms with Crippen LogP contribution in [0.2, 0.25) is 0 Å². The van der Waals surface area contributed by atoms with Gasteiger partial charge in [0.25, 0.3) is 0 Å². The van der Waals surface area contributed by atoms with Crippen LogP contribution in [0.25, 0.3) is 0 Å². The topological polar surface area (TPSA) is 41.6 Å². The molecule has 1 atom stereocenters. The van der Waals surface area contributed by atoms with E-state index in [1.165, 1.54) is 5.56 Å². The van der Waals surface area contributed by atoms with Gasteiger partial charge >= 0.3 is 6.09 Å². The molecule has 1 unspecified atom stereocenters. The number of carbonyl (C=O) groups excluding carboxylic acids is 1. The highest BCUT2D eigenvalue weighted by molar-refractivity contribution is 5.90. The Labute approximate surface area is 139 Å². The molecule has 0 bridgehead atoms. The molecular weight excluding hydrogens is 288 g/mol. The van der Waals surface area contributed by atoms with Gasteiger partial charge in [-0.2, -0.15) is 0 Å². The summed E-state index contributed by atoms with van der Waals surface area (Å²) in [6.07, 6.45) is 7.07. The molecule has 0 fully saturated rings. The van der Waals surface area contributed by atoms with Crippen LogP contribution < -0.4 is 10.2 Å². The van der Waals surface area contributed by atoms with Crippen LogP contribution in [-0.4, -0.2) is 24.3 Å². The first kappa shape index (κ1) is 17.4. The number of ether oxygens (including phenoxy) is 1. The zero-order valence-corrected chi connectivity index (χ0v) is 14.5. The van der Waals surface area contributed by atoms with Crippen molar-refractivity contribution in [1.82, 2.24) is 5.32 Å². The summed E-state index contributed by atoms with van der Waals surface area (Å²) < 4.78 is 5.57. The molecular formula is C19H26N2O2. The van der Waals surface area contributed by atoms with Crippen LogP contribution in [0.4, 0.5) is 10.5 Å². The molecule has 0 spiro atoms. The minimum atomic E-state index is -0.500. The lowest BCUT2D eigenvalue weighted by Gasteiger charge is -2.33. The molecule has 4 nitrogen and oxygen atoms in total. The Kier molecular flexibility index (Phi) is 5.33. The maximum absolute atomic E-state index is 12.6. The highest BCUT2D eigenvalue weighted by Gasteiger charge is 2.29. The number of nitrogens with one attached hydrogen (secondary N) is 1. The molecule has 1 aliphatic rings. The number of rotatable bonds is 3. The standard InChI is InChI=1S/C19H26N2O2/c1-6-14(2)20-13-16-10-7-9-15-11-8-12-21(17(15)16)18(22)23-19(3,4)5/h1,7,9-10,14,20H,8,11-13H2,2-5H3. The zero-order valence-electron chi connectivity index (χ0n) is 14.5. The van der Waals surface area contributed by atoms with Crippen molar-refractivity contribution >= 4 is 11.8 Å². The third kappa shape index (κ3) is 4.49. The van der Waals surface area contributed by atoms with Crippen LogP contribution in [0.3, 0.4) is 0 Å². The van der Waals surface area contributed by atoms with Gasteiger partial charge in [0.15, 0.2) is 0 Å². The first-order chi connectivity index (χ1) is 10.8. The SMILES string of the molecule is C#CC(C)NCc1cccc2c1N(C(=O)OC(C)(C)C)CCC2. The van der Waals surface area contributed by atoms with Crippen molar-refractivity contribution < 1.29 is 9.53 Å². The van der Waals surface area contributed by atoms with Crippen LogP contribution >= 0.6 is 0 Å². The summed E-state index contributed by atoms with van der Waals surface area (Å²) >= 11 is 0. The second kappa shape index (κ2) is 7.06. The summed E-state index contributed by atoms with van der Waals surface area (Å²) in [4.78, 5) is 14.3. The van der Waals surface area contributed by atoms with Gasteiger partial charge in [0.1, 0.15) is 5.60 Å². The predicted molar refractivity (Wildman–Crippen MR) is 93.5 cm³/mol. The predicted octanol–water partition coefficient (Wildman–Crippen LogP) is 3.49. The van der Waals surface area contributed by atoms with Gasteiger partial charge < -0.3 is 4.74 Å². The summed E-state index contributed by atoms with van der Waals surface area (Å²) in [5, 5.41) is 3.29. The summed E-state index contributed by atoms with van der Waals surface area (Å²) in [5.74, 6) is 2.66. The molecule has 124 valence electrons. The number of anilines is 1. The van der Waals surface area contributed by atoms with Crippen LogP contribution in [0.1, 0.15) is 45.2 Å². The molecule has 1 N–H and O–H groups in total. The summed E-state index contributed by atoms with van der Waals surface area (Å²) in [6, 6.07) is 6.15. The molecule has 0 aliphatic carbocycles. The Bertz CT molecular complexity index is 611. The number of fused-ring (bicyclic) bond motifs is 1. The Hall–Kier alpha value is -1.99. The second-order valence-electron chi connectivity index (χ2n) is 6.93. The van der Waals surface area contributed by atoms with Crippen molar-refractivity contribution in [3.05, 3.63) is 29.3 Å². The van der Waals surface area contributed by atoms with E-state index in [0.717, 1.165) is 24.1 Å². The summed E-state index contributed by atoms with van der Waals surface area (Å²) in [6.45, 7) is 8.92. The van der Waals surface area contributed by atoms with Crippen molar-refractivity contribution in [2.75, 3.05) is 11.4 Å². The van der Waals surface area contributed by atoms with Gasteiger partial charge in [-0.05, 0) is 51.7 Å². The summed E-state index contributed by atoms with van der Waals surface area (Å²) in [7, 11) is 0. The van der Waals surface area contributed by atoms with E-state index in [1.54, 1.807) is 4.90 Å². The first-order valence-electron chi connectivity index (χ1n) is 8.12. The van der Waals surface area contributed by atoms with E-state index in [9.17, 15) is 4.79 Å². The van der Waals surface area contributed by atoms with Gasteiger partial charge in [-0.25, -0.2) is 4.79 Å². The van der Waals surface area contributed by atoms with Crippen LogP contribution in [0.15, 0.2) is 18.2 Å². The van der Waals surface area contributed by atoms with E-state index in [0.29, 0.717) is 13.1 Å². The Morgan fingerprint density at radius 3 is 2.87 bits per heavy atom. The smallest absolute Gasteiger partial charge is 0.414 e. The van der Waals surface area contributed by atoms with Crippen molar-refractivity contribution in [3.63, 3.8) is 0 Å². The minimum Gasteiger partial charge on any atom is -0.443 e. The van der Waals surface area contributed by atoms with Crippen molar-refractivity contribution in [2.45, 2.75) is 58.7 Å². The number of terminal acetylenes is 1. The zero-order chi connectivity index (χ0) is 17.0. The van der Waals surface area contributed by atoms with E-state index >= 15 is 0 Å². The van der Waals surface area contributed by atoms with Crippen LogP contribution in [0.5, 0.6) is 0 Å². The van der Waals surface area contributed by atoms with Gasteiger partial charge in [-0.1, -0.05) is 24.1 Å². The number of para-hydroxylation sites is 1. The van der Waals surface area contributed by atoms with E-state index in [4.69, 9.17) is 11.2 Å². The molecule has 1 amide bonds. The largest absolute Gasteiger partial charge is 0.443 e. The van der Waals surface area contributed by atoms with E-state index < -0.39 is 5.60 Å². The number of amides is 1. The Balaban J connectivity index is 2.28. The minimum absolute atomic E-state index is 0.00979. The fourth-order valence-corrected chi connectivity index (χ4v) is 2.70. The first-order valence-corrected chi connectivity index (χ1v) is 8.12. The van der Waals surface area contributed by atoms with Gasteiger partial charge in [0.05, 0.1) is 11.7 Å². The maximum atomic E-state index is 12.6. The molecule has 1 aliphatic heterocycles. The number of hydrogen-bond acceptors (Lipinski definition) is 3. The lowest BCUT2D eigenvalue weighted by Crippen LogP contribution is -2.40. The molecule has 1 heterocycles. The van der Waals surface area contributed by atoms with Gasteiger partial charge in [-0.15, -0.1) is 6.42 Å². The molecule has 1 aromatic rings. The number of hydrogen-bond donors (Lipinski definition) is 1. The number of benzene rings is 1. The fourth-order valence-electron chi connectivity index (χ4n) is 2.70. The molecule has 0 saturated carbocycles. The third-order valence-electron chi connectivity index (χ3n) is 3.76. The highest BCUT2D eigenvalue weighted by atomic mass is 16.6.